The van der Waals surface area contributed by atoms with Crippen molar-refractivity contribution in [3.05, 3.63) is 107 Å². The zero-order valence-electron chi connectivity index (χ0n) is 18.8. The Kier molecular flexibility index (Phi) is 6.91. The van der Waals surface area contributed by atoms with Crippen molar-refractivity contribution in [3.8, 4) is 23.9 Å². The molecule has 0 unspecified atom stereocenters. The predicted octanol–water partition coefficient (Wildman–Crippen LogP) is 6.67. The number of aliphatic imine (C=N–C) groups is 2. The summed E-state index contributed by atoms with van der Waals surface area (Å²) < 4.78 is 89.2. The number of hydrogen-bond acceptors (Lipinski definition) is 6. The van der Waals surface area contributed by atoms with Gasteiger partial charge in [-0.3, -0.25) is 0 Å². The number of rotatable bonds is 4. The van der Waals surface area contributed by atoms with Gasteiger partial charge in [-0.15, -0.1) is 0 Å². The van der Waals surface area contributed by atoms with Crippen molar-refractivity contribution >= 4 is 11.4 Å². The van der Waals surface area contributed by atoms with Gasteiger partial charge >= 0.3 is 12.4 Å². The SMILES string of the molecule is N#C/N=C1\C=CC2=C(Oc3ccc(C(F)(F)F)cc3)/C(=N/C#N)C=CC2=C1Oc1ccc(C(F)(F)F)cc1. The highest BCUT2D eigenvalue weighted by Crippen LogP contribution is 2.36. The van der Waals surface area contributed by atoms with E-state index in [-0.39, 0.29) is 45.6 Å². The number of hydrogen-bond donors (Lipinski definition) is 0. The molecular weight excluding hydrogens is 514 g/mol. The second-order valence-electron chi connectivity index (χ2n) is 7.59. The van der Waals surface area contributed by atoms with E-state index in [1.165, 1.54) is 24.3 Å². The van der Waals surface area contributed by atoms with E-state index in [4.69, 9.17) is 20.0 Å². The van der Waals surface area contributed by atoms with Crippen molar-refractivity contribution in [1.82, 2.24) is 0 Å². The Bertz CT molecular complexity index is 1410. The molecule has 0 radical (unpaired) electrons. The van der Waals surface area contributed by atoms with Crippen molar-refractivity contribution in [2.24, 2.45) is 9.98 Å². The lowest BCUT2D eigenvalue weighted by Crippen LogP contribution is -2.21. The van der Waals surface area contributed by atoms with Crippen LogP contribution in [0.15, 0.2) is 105 Å². The van der Waals surface area contributed by atoms with Gasteiger partial charge in [-0.2, -0.15) is 46.9 Å². The lowest BCUT2D eigenvalue weighted by molar-refractivity contribution is -0.138. The van der Waals surface area contributed by atoms with Crippen LogP contribution in [0.5, 0.6) is 11.5 Å². The molecule has 190 valence electrons. The maximum atomic E-state index is 12.9. The average molecular weight is 526 g/mol. The summed E-state index contributed by atoms with van der Waals surface area (Å²) in [7, 11) is 0. The second kappa shape index (κ2) is 10.1. The highest BCUT2D eigenvalue weighted by Gasteiger charge is 2.32. The third-order valence-electron chi connectivity index (χ3n) is 5.20. The van der Waals surface area contributed by atoms with E-state index in [0.29, 0.717) is 0 Å². The molecule has 0 atom stereocenters. The molecule has 6 nitrogen and oxygen atoms in total. The molecule has 4 rings (SSSR count). The molecule has 0 heterocycles. The molecule has 2 aliphatic rings. The van der Waals surface area contributed by atoms with Crippen molar-refractivity contribution in [1.29, 1.82) is 10.5 Å². The minimum absolute atomic E-state index is 0.00964. The Morgan fingerprint density at radius 3 is 1.18 bits per heavy atom. The van der Waals surface area contributed by atoms with Crippen LogP contribution in [0.2, 0.25) is 0 Å². The Morgan fingerprint density at radius 2 is 0.895 bits per heavy atom. The topological polar surface area (TPSA) is 90.8 Å². The van der Waals surface area contributed by atoms with Gasteiger partial charge in [-0.1, -0.05) is 0 Å². The van der Waals surface area contributed by atoms with Crippen molar-refractivity contribution in [2.75, 3.05) is 0 Å². The number of benzene rings is 2. The van der Waals surface area contributed by atoms with Crippen LogP contribution in [0.3, 0.4) is 0 Å². The zero-order valence-corrected chi connectivity index (χ0v) is 18.8. The minimum Gasteiger partial charge on any atom is -0.454 e. The van der Waals surface area contributed by atoms with Crippen LogP contribution >= 0.6 is 0 Å². The maximum Gasteiger partial charge on any atom is 0.416 e. The standard InChI is InChI=1S/C26H12F6N4O2/c27-25(28,29)15-1-5-17(6-2-15)37-23-19-9-12-22(36-14-34)24(20(19)10-11-21(23)35-13-33)38-18-7-3-16(4-8-18)26(30,31)32/h1-12H/b35-21+,36-22+. The second-order valence-corrected chi connectivity index (χ2v) is 7.59. The van der Waals surface area contributed by atoms with Crippen molar-refractivity contribution in [3.63, 3.8) is 0 Å². The largest absolute Gasteiger partial charge is 0.454 e. The highest BCUT2D eigenvalue weighted by atomic mass is 19.4. The van der Waals surface area contributed by atoms with E-state index in [9.17, 15) is 26.3 Å². The molecule has 0 saturated heterocycles. The number of fused-ring (bicyclic) bond motifs is 1. The third kappa shape index (κ3) is 5.50. The summed E-state index contributed by atoms with van der Waals surface area (Å²) in [5.74, 6) is 0.000874. The Labute approximate surface area is 211 Å². The van der Waals surface area contributed by atoms with Crippen LogP contribution < -0.4 is 9.47 Å². The van der Waals surface area contributed by atoms with E-state index in [1.807, 2.05) is 0 Å². The van der Waals surface area contributed by atoms with Crippen LogP contribution in [0.25, 0.3) is 0 Å². The quantitative estimate of drug-likeness (QED) is 0.329. The van der Waals surface area contributed by atoms with Gasteiger partial charge in [0, 0.05) is 11.1 Å². The minimum atomic E-state index is -4.55. The number of nitrogens with zero attached hydrogens (tertiary/aromatic N) is 4. The zero-order chi connectivity index (χ0) is 27.5. The van der Waals surface area contributed by atoms with E-state index >= 15 is 0 Å². The number of nitriles is 2. The third-order valence-corrected chi connectivity index (χ3v) is 5.20. The molecule has 38 heavy (non-hydrogen) atoms. The van der Waals surface area contributed by atoms with Gasteiger partial charge in [-0.05, 0) is 72.8 Å². The molecule has 0 N–H and O–H groups in total. The molecule has 12 heteroatoms. The number of ether oxygens (including phenoxy) is 2. The molecule has 0 aromatic heterocycles. The van der Waals surface area contributed by atoms with E-state index < -0.39 is 23.5 Å². The molecule has 2 aromatic rings. The van der Waals surface area contributed by atoms with E-state index in [1.54, 1.807) is 12.4 Å². The number of halogens is 6. The summed E-state index contributed by atoms with van der Waals surface area (Å²) in [5.41, 5.74) is -1.13. The first-order chi connectivity index (χ1) is 18.0. The van der Waals surface area contributed by atoms with Crippen molar-refractivity contribution < 1.29 is 35.8 Å². The smallest absolute Gasteiger partial charge is 0.416 e. The summed E-state index contributed by atoms with van der Waals surface area (Å²) in [6.07, 6.45) is -0.167. The first-order valence-corrected chi connectivity index (χ1v) is 10.5. The van der Waals surface area contributed by atoms with Crippen LogP contribution in [0, 0.1) is 22.9 Å². The van der Waals surface area contributed by atoms with Crippen molar-refractivity contribution in [2.45, 2.75) is 12.4 Å². The van der Waals surface area contributed by atoms with Crippen LogP contribution in [0.4, 0.5) is 26.3 Å². The lowest BCUT2D eigenvalue weighted by atomic mass is 9.90. The molecule has 2 aromatic carbocycles. The fourth-order valence-corrected chi connectivity index (χ4v) is 3.49. The number of alkyl halides is 6. The van der Waals surface area contributed by atoms with Gasteiger partial charge in [0.25, 0.3) is 0 Å². The molecule has 0 aliphatic heterocycles. The first-order valence-electron chi connectivity index (χ1n) is 10.5. The molecule has 2 aliphatic carbocycles. The average Bonchev–Trinajstić information content (AvgIpc) is 2.86. The number of allylic oxidation sites excluding steroid dienone is 6. The molecule has 0 spiro atoms. The Hall–Kier alpha value is -5.10. The molecular formula is C26H12F6N4O2. The van der Waals surface area contributed by atoms with Gasteiger partial charge in [0.15, 0.2) is 11.5 Å². The molecule has 0 saturated carbocycles. The fourth-order valence-electron chi connectivity index (χ4n) is 3.49. The molecule has 0 bridgehead atoms. The van der Waals surface area contributed by atoms with Crippen LogP contribution in [-0.4, -0.2) is 11.4 Å². The maximum absolute atomic E-state index is 12.9. The monoisotopic (exact) mass is 526 g/mol. The Balaban J connectivity index is 1.79. The first kappa shape index (κ1) is 26.0. The van der Waals surface area contributed by atoms with Gasteiger partial charge in [0.1, 0.15) is 22.9 Å². The van der Waals surface area contributed by atoms with Crippen LogP contribution in [-0.2, 0) is 12.4 Å². The van der Waals surface area contributed by atoms with Crippen LogP contribution in [0.1, 0.15) is 11.1 Å². The normalized spacial score (nSPS) is 17.4. The summed E-state index contributed by atoms with van der Waals surface area (Å²) in [6.45, 7) is 0. The molecule has 0 amide bonds. The summed E-state index contributed by atoms with van der Waals surface area (Å²) >= 11 is 0. The van der Waals surface area contributed by atoms with Gasteiger partial charge in [0.2, 0.25) is 12.4 Å². The Morgan fingerprint density at radius 1 is 0.553 bits per heavy atom. The summed E-state index contributed by atoms with van der Waals surface area (Å²) in [6, 6.07) is 7.67. The van der Waals surface area contributed by atoms with Gasteiger partial charge < -0.3 is 9.47 Å². The molecule has 0 fully saturated rings. The van der Waals surface area contributed by atoms with Gasteiger partial charge in [-0.25, -0.2) is 0 Å². The van der Waals surface area contributed by atoms with Gasteiger partial charge in [0.05, 0.1) is 11.1 Å². The van der Waals surface area contributed by atoms with E-state index in [2.05, 4.69) is 9.98 Å². The highest BCUT2D eigenvalue weighted by molar-refractivity contribution is 6.15. The fraction of sp³-hybridized carbons (Fsp3) is 0.0769. The summed E-state index contributed by atoms with van der Waals surface area (Å²) in [4.78, 5) is 7.38. The van der Waals surface area contributed by atoms with E-state index in [0.717, 1.165) is 48.5 Å². The summed E-state index contributed by atoms with van der Waals surface area (Å²) in [5, 5.41) is 18.2. The lowest BCUT2D eigenvalue weighted by Gasteiger charge is -2.24. The predicted molar refractivity (Wildman–Crippen MR) is 123 cm³/mol.